The summed E-state index contributed by atoms with van der Waals surface area (Å²) >= 11 is 1.56. The smallest absolute Gasteiger partial charge is 0.266 e. The number of thiophene rings is 1. The van der Waals surface area contributed by atoms with E-state index in [9.17, 15) is 10.1 Å². The summed E-state index contributed by atoms with van der Waals surface area (Å²) in [6.07, 6.45) is 6.64. The second kappa shape index (κ2) is 8.86. The number of aryl methyl sites for hydroxylation is 1. The van der Waals surface area contributed by atoms with Gasteiger partial charge in [0.25, 0.3) is 5.91 Å². The van der Waals surface area contributed by atoms with E-state index >= 15 is 0 Å². The predicted molar refractivity (Wildman–Crippen MR) is 105 cm³/mol. The summed E-state index contributed by atoms with van der Waals surface area (Å²) < 4.78 is 5.82. The van der Waals surface area contributed by atoms with E-state index in [2.05, 4.69) is 11.4 Å². The zero-order valence-corrected chi connectivity index (χ0v) is 15.9. The molecule has 0 spiro atoms. The lowest BCUT2D eigenvalue weighted by atomic mass is 9.97. The lowest BCUT2D eigenvalue weighted by Gasteiger charge is -2.16. The van der Waals surface area contributed by atoms with E-state index in [1.165, 1.54) is 17.7 Å². The van der Waals surface area contributed by atoms with Crippen LogP contribution in [0.1, 0.15) is 55.0 Å². The molecule has 0 saturated heterocycles. The standard InChI is InChI=1S/C21H24N2O2S/c1-2-18(25-15-10-6-5-7-11-15)20(24)23-21-17(14-22)16-12-8-3-4-9-13-19(16)26-21/h5-7,10-11,18H,2-4,8-9,12-13H2,1H3,(H,23,24)/t18-/m1/s1. The molecule has 0 bridgehead atoms. The van der Waals surface area contributed by atoms with E-state index in [1.807, 2.05) is 37.3 Å². The number of nitrogens with zero attached hydrogens (tertiary/aromatic N) is 1. The third-order valence-electron chi connectivity index (χ3n) is 4.70. The number of nitrogens with one attached hydrogen (secondary N) is 1. The summed E-state index contributed by atoms with van der Waals surface area (Å²) in [4.78, 5) is 14.0. The Hall–Kier alpha value is -2.32. The number of nitriles is 1. The molecular weight excluding hydrogens is 344 g/mol. The van der Waals surface area contributed by atoms with Crippen LogP contribution < -0.4 is 10.1 Å². The van der Waals surface area contributed by atoms with Gasteiger partial charge in [-0.15, -0.1) is 11.3 Å². The number of anilines is 1. The van der Waals surface area contributed by atoms with E-state index < -0.39 is 6.10 Å². The molecular formula is C21H24N2O2S. The molecule has 1 atom stereocenters. The summed E-state index contributed by atoms with van der Waals surface area (Å²) in [5, 5.41) is 13.3. The quantitative estimate of drug-likeness (QED) is 0.801. The van der Waals surface area contributed by atoms with Gasteiger partial charge < -0.3 is 10.1 Å². The molecule has 1 aromatic carbocycles. The Balaban J connectivity index is 1.77. The molecule has 0 aliphatic heterocycles. The molecule has 1 heterocycles. The number of rotatable bonds is 5. The number of hydrogen-bond acceptors (Lipinski definition) is 4. The molecule has 5 heteroatoms. The van der Waals surface area contributed by atoms with Crippen molar-refractivity contribution in [2.24, 2.45) is 0 Å². The van der Waals surface area contributed by atoms with Gasteiger partial charge in [-0.3, -0.25) is 4.79 Å². The van der Waals surface area contributed by atoms with Crippen LogP contribution in [0, 0.1) is 11.3 Å². The molecule has 0 saturated carbocycles. The van der Waals surface area contributed by atoms with E-state index in [4.69, 9.17) is 4.74 Å². The predicted octanol–water partition coefficient (Wildman–Crippen LogP) is 5.07. The number of para-hydroxylation sites is 1. The molecule has 0 radical (unpaired) electrons. The van der Waals surface area contributed by atoms with Crippen LogP contribution in [0.25, 0.3) is 0 Å². The highest BCUT2D eigenvalue weighted by molar-refractivity contribution is 7.16. The van der Waals surface area contributed by atoms with Gasteiger partial charge in [0, 0.05) is 4.88 Å². The SMILES string of the molecule is CC[C@@H](Oc1ccccc1)C(=O)Nc1sc2c(c1C#N)CCCCCC2. The Kier molecular flexibility index (Phi) is 6.30. The van der Waals surface area contributed by atoms with Gasteiger partial charge in [-0.05, 0) is 49.8 Å². The van der Waals surface area contributed by atoms with Crippen molar-refractivity contribution in [3.63, 3.8) is 0 Å². The molecule has 1 aliphatic rings. The van der Waals surface area contributed by atoms with Crippen molar-refractivity contribution in [3.05, 3.63) is 46.3 Å². The van der Waals surface area contributed by atoms with Crippen molar-refractivity contribution in [2.45, 2.75) is 58.0 Å². The summed E-state index contributed by atoms with van der Waals surface area (Å²) in [7, 11) is 0. The van der Waals surface area contributed by atoms with Crippen molar-refractivity contribution < 1.29 is 9.53 Å². The Morgan fingerprint density at radius 2 is 1.96 bits per heavy atom. The number of carbonyl (C=O) groups excluding carboxylic acids is 1. The Bertz CT molecular complexity index is 792. The summed E-state index contributed by atoms with van der Waals surface area (Å²) in [6, 6.07) is 11.7. The summed E-state index contributed by atoms with van der Waals surface area (Å²) in [6.45, 7) is 1.92. The number of hydrogen-bond donors (Lipinski definition) is 1. The van der Waals surface area contributed by atoms with Gasteiger partial charge in [-0.1, -0.05) is 38.0 Å². The van der Waals surface area contributed by atoms with Crippen LogP contribution in [0.5, 0.6) is 5.75 Å². The van der Waals surface area contributed by atoms with Crippen LogP contribution in [-0.2, 0) is 17.6 Å². The molecule has 3 rings (SSSR count). The third-order valence-corrected chi connectivity index (χ3v) is 5.91. The van der Waals surface area contributed by atoms with E-state index in [0.29, 0.717) is 22.7 Å². The minimum absolute atomic E-state index is 0.193. The van der Waals surface area contributed by atoms with E-state index in [1.54, 1.807) is 11.3 Å². The fourth-order valence-corrected chi connectivity index (χ4v) is 4.55. The zero-order valence-electron chi connectivity index (χ0n) is 15.1. The van der Waals surface area contributed by atoms with Crippen molar-refractivity contribution >= 4 is 22.2 Å². The lowest BCUT2D eigenvalue weighted by Crippen LogP contribution is -2.32. The first-order valence-corrected chi connectivity index (χ1v) is 10.1. The van der Waals surface area contributed by atoms with Gasteiger partial charge in [0.1, 0.15) is 16.8 Å². The van der Waals surface area contributed by atoms with Crippen LogP contribution in [0.3, 0.4) is 0 Å². The highest BCUT2D eigenvalue weighted by Crippen LogP contribution is 2.36. The average molecular weight is 369 g/mol. The molecule has 0 unspecified atom stereocenters. The van der Waals surface area contributed by atoms with E-state index in [0.717, 1.165) is 31.2 Å². The molecule has 1 N–H and O–H groups in total. The van der Waals surface area contributed by atoms with Gasteiger partial charge >= 0.3 is 0 Å². The second-order valence-corrected chi connectivity index (χ2v) is 7.66. The lowest BCUT2D eigenvalue weighted by molar-refractivity contribution is -0.122. The van der Waals surface area contributed by atoms with Gasteiger partial charge in [0.15, 0.2) is 6.10 Å². The summed E-state index contributed by atoms with van der Waals surface area (Å²) in [5.41, 5.74) is 1.79. The van der Waals surface area contributed by atoms with Crippen LogP contribution in [0.15, 0.2) is 30.3 Å². The van der Waals surface area contributed by atoms with Crippen LogP contribution in [-0.4, -0.2) is 12.0 Å². The van der Waals surface area contributed by atoms with Gasteiger partial charge in [0.2, 0.25) is 0 Å². The first-order chi connectivity index (χ1) is 12.7. The molecule has 1 aliphatic carbocycles. The topological polar surface area (TPSA) is 62.1 Å². The van der Waals surface area contributed by atoms with Crippen molar-refractivity contribution in [2.75, 3.05) is 5.32 Å². The Morgan fingerprint density at radius 3 is 2.65 bits per heavy atom. The van der Waals surface area contributed by atoms with Gasteiger partial charge in [-0.2, -0.15) is 5.26 Å². The number of amides is 1. The highest BCUT2D eigenvalue weighted by Gasteiger charge is 2.24. The minimum atomic E-state index is -0.575. The van der Waals surface area contributed by atoms with Crippen molar-refractivity contribution in [3.8, 4) is 11.8 Å². The van der Waals surface area contributed by atoms with Crippen LogP contribution in [0.4, 0.5) is 5.00 Å². The maximum Gasteiger partial charge on any atom is 0.266 e. The minimum Gasteiger partial charge on any atom is -0.481 e. The largest absolute Gasteiger partial charge is 0.481 e. The number of fused-ring (bicyclic) bond motifs is 1. The summed E-state index contributed by atoms with van der Waals surface area (Å²) in [5.74, 6) is 0.482. The molecule has 2 aromatic rings. The molecule has 4 nitrogen and oxygen atoms in total. The van der Waals surface area contributed by atoms with Gasteiger partial charge in [0.05, 0.1) is 5.56 Å². The molecule has 1 amide bonds. The van der Waals surface area contributed by atoms with Crippen LogP contribution in [0.2, 0.25) is 0 Å². The maximum atomic E-state index is 12.7. The molecule has 26 heavy (non-hydrogen) atoms. The van der Waals surface area contributed by atoms with Crippen LogP contribution >= 0.6 is 11.3 Å². The molecule has 136 valence electrons. The first-order valence-electron chi connectivity index (χ1n) is 9.30. The molecule has 0 fully saturated rings. The first kappa shape index (κ1) is 18.5. The highest BCUT2D eigenvalue weighted by atomic mass is 32.1. The van der Waals surface area contributed by atoms with Gasteiger partial charge in [-0.25, -0.2) is 0 Å². The second-order valence-electron chi connectivity index (χ2n) is 6.55. The average Bonchev–Trinajstić information content (AvgIpc) is 2.95. The third kappa shape index (κ3) is 4.25. The fourth-order valence-electron chi connectivity index (χ4n) is 3.30. The fraction of sp³-hybridized carbons (Fsp3) is 0.429. The molecule has 1 aromatic heterocycles. The Morgan fingerprint density at radius 1 is 1.23 bits per heavy atom. The maximum absolute atomic E-state index is 12.7. The normalized spacial score (nSPS) is 15.1. The van der Waals surface area contributed by atoms with Crippen molar-refractivity contribution in [1.29, 1.82) is 5.26 Å². The van der Waals surface area contributed by atoms with E-state index in [-0.39, 0.29) is 5.91 Å². The zero-order chi connectivity index (χ0) is 18.4. The Labute approximate surface area is 158 Å². The van der Waals surface area contributed by atoms with Crippen molar-refractivity contribution in [1.82, 2.24) is 0 Å². The number of ether oxygens (including phenoxy) is 1. The monoisotopic (exact) mass is 368 g/mol. The number of carbonyl (C=O) groups is 1. The number of benzene rings is 1.